The zero-order chi connectivity index (χ0) is 12.9. The zero-order valence-corrected chi connectivity index (χ0v) is 12.2. The van der Waals surface area contributed by atoms with Gasteiger partial charge in [-0.1, -0.05) is 26.6 Å². The van der Waals surface area contributed by atoms with E-state index < -0.39 is 8.07 Å². The molecular weight excluding hydrogens is 232 g/mol. The van der Waals surface area contributed by atoms with Gasteiger partial charge in [-0.15, -0.1) is 0 Å². The first-order valence-electron chi connectivity index (χ1n) is 6.06. The van der Waals surface area contributed by atoms with Crippen molar-refractivity contribution in [2.24, 2.45) is 0 Å². The van der Waals surface area contributed by atoms with E-state index in [0.717, 1.165) is 18.0 Å². The molecule has 0 aliphatic carbocycles. The summed E-state index contributed by atoms with van der Waals surface area (Å²) >= 11 is 0. The average Bonchev–Trinajstić information content (AvgIpc) is 2.24. The second kappa shape index (κ2) is 6.12. The average molecular weight is 254 g/mol. The van der Waals surface area contributed by atoms with E-state index in [1.165, 1.54) is 4.68 Å². The van der Waals surface area contributed by atoms with Crippen LogP contribution in [0, 0.1) is 0 Å². The Labute approximate surface area is 104 Å². The number of nitrogens with zero attached hydrogens (tertiary/aromatic N) is 2. The molecule has 5 heteroatoms. The lowest BCUT2D eigenvalue weighted by molar-refractivity contribution is 0.0749. The van der Waals surface area contributed by atoms with Gasteiger partial charge in [-0.25, -0.2) is 4.68 Å². The fourth-order valence-electron chi connectivity index (χ4n) is 1.29. The monoisotopic (exact) mass is 254 g/mol. The maximum atomic E-state index is 11.6. The van der Waals surface area contributed by atoms with Crippen LogP contribution in [0.4, 0.5) is 0 Å². The third-order valence-electron chi connectivity index (χ3n) is 2.54. The molecule has 0 unspecified atom stereocenters. The summed E-state index contributed by atoms with van der Waals surface area (Å²) < 4.78 is 6.85. The summed E-state index contributed by atoms with van der Waals surface area (Å²) in [4.78, 5) is 11.6. The maximum absolute atomic E-state index is 11.6. The molecule has 1 aromatic rings. The van der Waals surface area contributed by atoms with Gasteiger partial charge in [-0.2, -0.15) is 5.10 Å². The summed E-state index contributed by atoms with van der Waals surface area (Å²) in [6, 6.07) is 2.73. The topological polar surface area (TPSA) is 44.1 Å². The Bertz CT molecular complexity index is 410. The van der Waals surface area contributed by atoms with Crippen LogP contribution in [-0.4, -0.2) is 24.5 Å². The first kappa shape index (κ1) is 14.1. The van der Waals surface area contributed by atoms with Crippen molar-refractivity contribution in [1.82, 2.24) is 9.78 Å². The highest BCUT2D eigenvalue weighted by molar-refractivity contribution is 6.76. The number of rotatable bonds is 6. The number of aromatic nitrogens is 2. The molecule has 0 N–H and O–H groups in total. The van der Waals surface area contributed by atoms with Crippen molar-refractivity contribution in [3.05, 3.63) is 28.2 Å². The Morgan fingerprint density at radius 1 is 1.41 bits per heavy atom. The third-order valence-corrected chi connectivity index (χ3v) is 4.25. The van der Waals surface area contributed by atoms with Gasteiger partial charge in [0.25, 0.3) is 5.56 Å². The fraction of sp³-hybridized carbons (Fsp3) is 0.667. The van der Waals surface area contributed by atoms with Crippen LogP contribution >= 0.6 is 0 Å². The van der Waals surface area contributed by atoms with Gasteiger partial charge in [0.2, 0.25) is 0 Å². The number of hydrogen-bond donors (Lipinski definition) is 0. The van der Waals surface area contributed by atoms with Gasteiger partial charge < -0.3 is 4.74 Å². The van der Waals surface area contributed by atoms with E-state index >= 15 is 0 Å². The number of ether oxygens (including phenoxy) is 1. The van der Waals surface area contributed by atoms with E-state index in [9.17, 15) is 4.79 Å². The second-order valence-corrected chi connectivity index (χ2v) is 11.0. The predicted octanol–water partition coefficient (Wildman–Crippen LogP) is 2.12. The van der Waals surface area contributed by atoms with Crippen molar-refractivity contribution in [2.45, 2.75) is 45.8 Å². The fourth-order valence-corrected chi connectivity index (χ4v) is 2.05. The Morgan fingerprint density at radius 2 is 2.12 bits per heavy atom. The standard InChI is InChI=1S/C12H22N2O2Si/c1-5-11-8-12(15)14(13-9-11)10-16-6-7-17(2,3)4/h8-9H,5-7,10H2,1-4H3. The van der Waals surface area contributed by atoms with E-state index in [1.54, 1.807) is 12.3 Å². The molecule has 1 aromatic heterocycles. The highest BCUT2D eigenvalue weighted by Crippen LogP contribution is 2.07. The summed E-state index contributed by atoms with van der Waals surface area (Å²) in [6.07, 6.45) is 2.56. The molecule has 0 saturated heterocycles. The lowest BCUT2D eigenvalue weighted by Gasteiger charge is -2.15. The Morgan fingerprint density at radius 3 is 2.65 bits per heavy atom. The first-order chi connectivity index (χ1) is 7.92. The molecule has 96 valence electrons. The molecule has 0 radical (unpaired) electrons. The Kier molecular flexibility index (Phi) is 5.08. The van der Waals surface area contributed by atoms with Gasteiger partial charge in [-0.05, 0) is 18.0 Å². The highest BCUT2D eigenvalue weighted by Gasteiger charge is 2.12. The molecule has 0 spiro atoms. The van der Waals surface area contributed by atoms with Gasteiger partial charge in [0.15, 0.2) is 0 Å². The van der Waals surface area contributed by atoms with Crippen LogP contribution < -0.4 is 5.56 Å². The van der Waals surface area contributed by atoms with E-state index in [1.807, 2.05) is 6.92 Å². The Hall–Kier alpha value is -0.943. The van der Waals surface area contributed by atoms with Crippen molar-refractivity contribution in [1.29, 1.82) is 0 Å². The molecule has 4 nitrogen and oxygen atoms in total. The minimum Gasteiger partial charge on any atom is -0.359 e. The van der Waals surface area contributed by atoms with Gasteiger partial charge in [-0.3, -0.25) is 4.79 Å². The van der Waals surface area contributed by atoms with E-state index in [-0.39, 0.29) is 12.3 Å². The summed E-state index contributed by atoms with van der Waals surface area (Å²) in [5, 5.41) is 4.07. The molecule has 1 rings (SSSR count). The third kappa shape index (κ3) is 5.28. The van der Waals surface area contributed by atoms with Crippen molar-refractivity contribution in [3.63, 3.8) is 0 Å². The van der Waals surface area contributed by atoms with Crippen LogP contribution in [-0.2, 0) is 17.9 Å². The van der Waals surface area contributed by atoms with Crippen molar-refractivity contribution < 1.29 is 4.74 Å². The van der Waals surface area contributed by atoms with E-state index in [2.05, 4.69) is 24.7 Å². The molecule has 1 heterocycles. The van der Waals surface area contributed by atoms with Crippen LogP contribution in [0.5, 0.6) is 0 Å². The van der Waals surface area contributed by atoms with Gasteiger partial charge >= 0.3 is 0 Å². The predicted molar refractivity (Wildman–Crippen MR) is 72.0 cm³/mol. The molecule has 0 aromatic carbocycles. The molecule has 0 bridgehead atoms. The van der Waals surface area contributed by atoms with Crippen LogP contribution in [0.1, 0.15) is 12.5 Å². The molecule has 0 atom stereocenters. The van der Waals surface area contributed by atoms with Crippen molar-refractivity contribution >= 4 is 8.07 Å². The van der Waals surface area contributed by atoms with Crippen LogP contribution in [0.25, 0.3) is 0 Å². The van der Waals surface area contributed by atoms with E-state index in [0.29, 0.717) is 6.61 Å². The van der Waals surface area contributed by atoms with Crippen LogP contribution in [0.3, 0.4) is 0 Å². The molecule has 17 heavy (non-hydrogen) atoms. The number of aryl methyl sites for hydroxylation is 1. The summed E-state index contributed by atoms with van der Waals surface area (Å²) in [5.41, 5.74) is 0.880. The molecule has 0 amide bonds. The molecule has 0 aliphatic heterocycles. The van der Waals surface area contributed by atoms with Crippen molar-refractivity contribution in [3.8, 4) is 0 Å². The number of hydrogen-bond acceptors (Lipinski definition) is 3. The second-order valence-electron chi connectivity index (χ2n) is 5.40. The first-order valence-corrected chi connectivity index (χ1v) is 9.77. The van der Waals surface area contributed by atoms with E-state index in [4.69, 9.17) is 4.74 Å². The van der Waals surface area contributed by atoms with Crippen LogP contribution in [0.15, 0.2) is 17.1 Å². The summed E-state index contributed by atoms with van der Waals surface area (Å²) in [7, 11) is -1.06. The highest BCUT2D eigenvalue weighted by atomic mass is 28.3. The van der Waals surface area contributed by atoms with Gasteiger partial charge in [0.1, 0.15) is 6.73 Å². The van der Waals surface area contributed by atoms with Crippen molar-refractivity contribution in [2.75, 3.05) is 6.61 Å². The molecular formula is C12H22N2O2Si. The minimum atomic E-state index is -1.06. The summed E-state index contributed by atoms with van der Waals surface area (Å²) in [5.74, 6) is 0. The lowest BCUT2D eigenvalue weighted by Crippen LogP contribution is -2.26. The molecule has 0 fully saturated rings. The molecule has 0 saturated carbocycles. The summed E-state index contributed by atoms with van der Waals surface area (Å²) in [6.45, 7) is 9.88. The van der Waals surface area contributed by atoms with Gasteiger partial charge in [0, 0.05) is 20.7 Å². The lowest BCUT2D eigenvalue weighted by atomic mass is 10.2. The normalized spacial score (nSPS) is 11.8. The smallest absolute Gasteiger partial charge is 0.269 e. The maximum Gasteiger partial charge on any atom is 0.269 e. The van der Waals surface area contributed by atoms with Gasteiger partial charge in [0.05, 0.1) is 6.20 Å². The molecule has 0 aliphatic rings. The quantitative estimate of drug-likeness (QED) is 0.577. The Balaban J connectivity index is 2.45. The largest absolute Gasteiger partial charge is 0.359 e. The van der Waals surface area contributed by atoms with Crippen LogP contribution in [0.2, 0.25) is 25.7 Å². The zero-order valence-electron chi connectivity index (χ0n) is 11.2. The minimum absolute atomic E-state index is 0.0858. The SMILES string of the molecule is CCc1cnn(COCC[Si](C)(C)C)c(=O)c1.